The molecule has 1 aromatic heterocycles. The van der Waals surface area contributed by atoms with Crippen LogP contribution in [0.1, 0.15) is 0 Å². The van der Waals surface area contributed by atoms with Gasteiger partial charge in [0.15, 0.2) is 33.2 Å². The van der Waals surface area contributed by atoms with E-state index in [0.717, 1.165) is 6.07 Å². The molecule has 0 amide bonds. The third-order valence-electron chi connectivity index (χ3n) is 6.92. The lowest BCUT2D eigenvalue weighted by atomic mass is 9.99. The summed E-state index contributed by atoms with van der Waals surface area (Å²) in [7, 11) is 0. The second-order valence-corrected chi connectivity index (χ2v) is 8.79. The number of hydrogen-bond donors (Lipinski definition) is 4. The minimum absolute atomic E-state index is 0.0216. The Kier molecular flexibility index (Phi) is 3.73. The lowest BCUT2D eigenvalue weighted by Gasteiger charge is -2.10. The standard InChI is InChI=1S/C28H14N2O6/c31-18-10-7-15-21(28(18)36)27(35)14-6-9-17-23(20(14)26(15)34)30-16-8-5-13-19(22(16)29-17)25(33)12-4-2-1-3-11(12)24(13)32/h1-10,29-31,36H. The van der Waals surface area contributed by atoms with Crippen LogP contribution in [0.3, 0.4) is 0 Å². The Morgan fingerprint density at radius 1 is 0.472 bits per heavy atom. The zero-order valence-electron chi connectivity index (χ0n) is 18.3. The van der Waals surface area contributed by atoms with Gasteiger partial charge in [-0.15, -0.1) is 0 Å². The van der Waals surface area contributed by atoms with Gasteiger partial charge in [-0.25, -0.2) is 0 Å². The number of nitrogens with one attached hydrogen (secondary N) is 2. The highest BCUT2D eigenvalue weighted by Gasteiger charge is 2.19. The van der Waals surface area contributed by atoms with Gasteiger partial charge in [-0.2, -0.15) is 0 Å². The molecule has 7 rings (SSSR count). The van der Waals surface area contributed by atoms with Gasteiger partial charge < -0.3 is 20.2 Å². The molecule has 8 heteroatoms. The molecule has 0 aliphatic carbocycles. The van der Waals surface area contributed by atoms with Crippen molar-refractivity contribution in [2.45, 2.75) is 0 Å². The summed E-state index contributed by atoms with van der Waals surface area (Å²) in [6.07, 6.45) is 0. The maximum atomic E-state index is 13.5. The Hall–Kier alpha value is -5.24. The predicted octanol–water partition coefficient (Wildman–Crippen LogP) is 3.55. The highest BCUT2D eigenvalue weighted by molar-refractivity contribution is 6.15. The molecule has 0 unspecified atom stereocenters. The minimum atomic E-state index is -0.638. The topological polar surface area (TPSA) is 140 Å². The van der Waals surface area contributed by atoms with Crippen molar-refractivity contribution in [3.63, 3.8) is 0 Å². The van der Waals surface area contributed by atoms with Crippen LogP contribution >= 0.6 is 0 Å². The summed E-state index contributed by atoms with van der Waals surface area (Å²) < 4.78 is 0. The third-order valence-corrected chi connectivity index (χ3v) is 6.92. The summed E-state index contributed by atoms with van der Waals surface area (Å²) in [5, 5.41) is 21.2. The lowest BCUT2D eigenvalue weighted by Crippen LogP contribution is -2.15. The van der Waals surface area contributed by atoms with Crippen LogP contribution in [0.5, 0.6) is 11.5 Å². The molecule has 0 aliphatic heterocycles. The van der Waals surface area contributed by atoms with Gasteiger partial charge in [0.2, 0.25) is 0 Å². The van der Waals surface area contributed by atoms with E-state index in [0.29, 0.717) is 32.8 Å². The molecular formula is C28H14N2O6. The molecule has 6 aromatic carbocycles. The Morgan fingerprint density at radius 2 is 0.917 bits per heavy atom. The number of hydrogen-bond acceptors (Lipinski definition) is 6. The number of aromatic nitrogens is 2. The van der Waals surface area contributed by atoms with Gasteiger partial charge in [0.25, 0.3) is 0 Å². The molecule has 0 saturated carbocycles. The van der Waals surface area contributed by atoms with Crippen LogP contribution in [-0.4, -0.2) is 20.2 Å². The van der Waals surface area contributed by atoms with Gasteiger partial charge in [0, 0.05) is 26.9 Å². The molecule has 0 spiro atoms. The maximum Gasteiger partial charge on any atom is 0.198 e. The Morgan fingerprint density at radius 3 is 1.53 bits per heavy atom. The van der Waals surface area contributed by atoms with Crippen LogP contribution in [0.4, 0.5) is 0 Å². The molecule has 172 valence electrons. The molecule has 0 radical (unpaired) electrons. The van der Waals surface area contributed by atoms with Gasteiger partial charge in [-0.1, -0.05) is 24.3 Å². The van der Waals surface area contributed by atoms with E-state index < -0.39 is 22.4 Å². The van der Waals surface area contributed by atoms with Crippen molar-refractivity contribution in [2.75, 3.05) is 0 Å². The molecule has 8 nitrogen and oxygen atoms in total. The monoisotopic (exact) mass is 474 g/mol. The first-order valence-electron chi connectivity index (χ1n) is 11.1. The Bertz CT molecular complexity index is 2370. The zero-order chi connectivity index (χ0) is 24.9. The predicted molar refractivity (Wildman–Crippen MR) is 140 cm³/mol. The number of phenols is 2. The quantitative estimate of drug-likeness (QED) is 0.151. The molecule has 0 bridgehead atoms. The molecule has 0 saturated heterocycles. The fourth-order valence-corrected chi connectivity index (χ4v) is 5.22. The maximum absolute atomic E-state index is 13.5. The smallest absolute Gasteiger partial charge is 0.198 e. The van der Waals surface area contributed by atoms with Crippen LogP contribution in [0.15, 0.2) is 79.8 Å². The van der Waals surface area contributed by atoms with E-state index in [2.05, 4.69) is 9.97 Å². The summed E-state index contributed by atoms with van der Waals surface area (Å²) >= 11 is 0. The van der Waals surface area contributed by atoms with Gasteiger partial charge >= 0.3 is 0 Å². The number of aromatic hydroxyl groups is 2. The van der Waals surface area contributed by atoms with Gasteiger partial charge in [0.1, 0.15) is 0 Å². The lowest BCUT2D eigenvalue weighted by molar-refractivity contribution is 0.408. The second-order valence-electron chi connectivity index (χ2n) is 8.79. The van der Waals surface area contributed by atoms with Crippen LogP contribution in [0.2, 0.25) is 0 Å². The molecular weight excluding hydrogens is 460 g/mol. The van der Waals surface area contributed by atoms with E-state index in [-0.39, 0.29) is 43.2 Å². The van der Waals surface area contributed by atoms with Crippen molar-refractivity contribution in [3.05, 3.63) is 102 Å². The van der Waals surface area contributed by atoms with Gasteiger partial charge in [0.05, 0.1) is 38.2 Å². The second kappa shape index (κ2) is 6.67. The van der Waals surface area contributed by atoms with Crippen LogP contribution in [0.25, 0.3) is 65.2 Å². The number of fused-ring (bicyclic) bond motifs is 8. The first kappa shape index (κ1) is 20.2. The van der Waals surface area contributed by atoms with E-state index in [9.17, 15) is 29.4 Å². The van der Waals surface area contributed by atoms with E-state index in [1.54, 1.807) is 42.5 Å². The Balaban J connectivity index is 1.70. The van der Waals surface area contributed by atoms with Gasteiger partial charge in [-0.05, 0) is 36.4 Å². The van der Waals surface area contributed by atoms with Crippen molar-refractivity contribution in [1.29, 1.82) is 0 Å². The molecule has 7 aromatic rings. The highest BCUT2D eigenvalue weighted by Crippen LogP contribution is 2.32. The minimum Gasteiger partial charge on any atom is -0.504 e. The molecule has 0 atom stereocenters. The first-order valence-corrected chi connectivity index (χ1v) is 11.1. The van der Waals surface area contributed by atoms with E-state index in [4.69, 9.17) is 0 Å². The highest BCUT2D eigenvalue weighted by atomic mass is 16.3. The van der Waals surface area contributed by atoms with Crippen LogP contribution in [0, 0.1) is 0 Å². The normalized spacial score (nSPS) is 12.0. The molecule has 0 fully saturated rings. The Labute approximate surface area is 198 Å². The average Bonchev–Trinajstić information content (AvgIpc) is 2.89. The molecule has 4 N–H and O–H groups in total. The average molecular weight is 474 g/mol. The first-order chi connectivity index (χ1) is 17.4. The number of aromatic amines is 2. The SMILES string of the molecule is O=c1c2ccccc2c(=O)c2c1ccc1[nH]c3c(ccc4c(=O)c5c(O)c(O)ccc5c(=O)c43)[nH]c12. The number of benzene rings is 6. The van der Waals surface area contributed by atoms with Crippen molar-refractivity contribution < 1.29 is 10.2 Å². The van der Waals surface area contributed by atoms with E-state index >= 15 is 0 Å². The van der Waals surface area contributed by atoms with Crippen molar-refractivity contribution in [2.24, 2.45) is 0 Å². The van der Waals surface area contributed by atoms with Crippen LogP contribution < -0.4 is 21.7 Å². The molecule has 0 aliphatic rings. The number of rotatable bonds is 0. The molecule has 1 heterocycles. The zero-order valence-corrected chi connectivity index (χ0v) is 18.3. The van der Waals surface area contributed by atoms with E-state index in [1.165, 1.54) is 12.1 Å². The largest absolute Gasteiger partial charge is 0.504 e. The van der Waals surface area contributed by atoms with Crippen molar-refractivity contribution >= 4 is 65.2 Å². The summed E-state index contributed by atoms with van der Waals surface area (Å²) in [6.45, 7) is 0. The van der Waals surface area contributed by atoms with Crippen molar-refractivity contribution in [3.8, 4) is 11.5 Å². The fraction of sp³-hybridized carbons (Fsp3) is 0. The fourth-order valence-electron chi connectivity index (χ4n) is 5.22. The third kappa shape index (κ3) is 2.37. The van der Waals surface area contributed by atoms with Crippen molar-refractivity contribution in [1.82, 2.24) is 9.97 Å². The number of phenolic OH excluding ortho intramolecular Hbond substituents is 2. The summed E-state index contributed by atoms with van der Waals surface area (Å²) in [4.78, 5) is 59.5. The summed E-state index contributed by atoms with van der Waals surface area (Å²) in [6, 6.07) is 15.4. The van der Waals surface area contributed by atoms with Crippen LogP contribution in [-0.2, 0) is 0 Å². The summed E-state index contributed by atoms with van der Waals surface area (Å²) in [5.74, 6) is -1.13. The number of H-pyrrole nitrogens is 2. The van der Waals surface area contributed by atoms with E-state index in [1.807, 2.05) is 0 Å². The summed E-state index contributed by atoms with van der Waals surface area (Å²) in [5.41, 5.74) is 0.0339. The molecule has 36 heavy (non-hydrogen) atoms. The van der Waals surface area contributed by atoms with Gasteiger partial charge in [-0.3, -0.25) is 19.2 Å².